The summed E-state index contributed by atoms with van der Waals surface area (Å²) in [6.45, 7) is 4.52. The van der Waals surface area contributed by atoms with E-state index in [2.05, 4.69) is 19.9 Å². The monoisotopic (exact) mass is 346 g/mol. The topological polar surface area (TPSA) is 20.2 Å². The molecule has 0 aliphatic carbocycles. The van der Waals surface area contributed by atoms with E-state index in [4.69, 9.17) is 0 Å². The van der Waals surface area contributed by atoms with Crippen molar-refractivity contribution in [2.24, 2.45) is 0 Å². The highest BCUT2D eigenvalue weighted by atomic mass is 16.3. The molecule has 1 nitrogen and oxygen atoms in total. The highest BCUT2D eigenvalue weighted by Crippen LogP contribution is 2.32. The Balaban J connectivity index is 1.95. The molecule has 0 aromatic heterocycles. The van der Waals surface area contributed by atoms with Crippen LogP contribution < -0.4 is 0 Å². The molecule has 0 bridgehead atoms. The van der Waals surface area contributed by atoms with Crippen molar-refractivity contribution < 1.29 is 5.11 Å². The maximum absolute atomic E-state index is 10.0. The molecule has 1 heteroatoms. The molecular weight excluding hydrogens is 304 g/mol. The van der Waals surface area contributed by atoms with E-state index in [1.165, 1.54) is 89.9 Å². The van der Waals surface area contributed by atoms with Gasteiger partial charge in [0.2, 0.25) is 0 Å². The van der Waals surface area contributed by atoms with Gasteiger partial charge in [0.1, 0.15) is 5.75 Å². The van der Waals surface area contributed by atoms with Gasteiger partial charge in [0.05, 0.1) is 0 Å². The van der Waals surface area contributed by atoms with Crippen LogP contribution in [0.4, 0.5) is 0 Å². The average Bonchev–Trinajstić information content (AvgIpc) is 2.63. The Morgan fingerprint density at radius 2 is 1.16 bits per heavy atom. The van der Waals surface area contributed by atoms with Crippen LogP contribution in [0.1, 0.15) is 122 Å². The second-order valence-electron chi connectivity index (χ2n) is 7.70. The Labute approximate surface area is 157 Å². The van der Waals surface area contributed by atoms with Crippen LogP contribution in [0, 0.1) is 0 Å². The average molecular weight is 347 g/mol. The van der Waals surface area contributed by atoms with Gasteiger partial charge in [-0.15, -0.1) is 0 Å². The van der Waals surface area contributed by atoms with Gasteiger partial charge in [-0.3, -0.25) is 0 Å². The van der Waals surface area contributed by atoms with E-state index in [9.17, 15) is 5.11 Å². The van der Waals surface area contributed by atoms with E-state index in [1.807, 2.05) is 18.2 Å². The minimum atomic E-state index is 0.476. The lowest BCUT2D eigenvalue weighted by Gasteiger charge is -2.16. The minimum absolute atomic E-state index is 0.476. The molecule has 1 unspecified atom stereocenters. The van der Waals surface area contributed by atoms with E-state index in [0.29, 0.717) is 11.7 Å². The Bertz CT molecular complexity index is 412. The van der Waals surface area contributed by atoms with Crippen LogP contribution in [0.15, 0.2) is 24.3 Å². The van der Waals surface area contributed by atoms with Gasteiger partial charge in [-0.1, -0.05) is 116 Å². The summed E-state index contributed by atoms with van der Waals surface area (Å²) in [5.41, 5.74) is 1.14. The Kier molecular flexibility index (Phi) is 13.5. The molecule has 0 aliphatic rings. The molecule has 1 aromatic carbocycles. The van der Waals surface area contributed by atoms with Crippen molar-refractivity contribution in [3.63, 3.8) is 0 Å². The fourth-order valence-electron chi connectivity index (χ4n) is 3.82. The van der Waals surface area contributed by atoms with Crippen molar-refractivity contribution in [3.05, 3.63) is 29.8 Å². The summed E-state index contributed by atoms with van der Waals surface area (Å²) in [7, 11) is 0. The highest BCUT2D eigenvalue weighted by Gasteiger charge is 2.12. The lowest BCUT2D eigenvalue weighted by molar-refractivity contribution is 0.449. The van der Waals surface area contributed by atoms with Gasteiger partial charge < -0.3 is 5.11 Å². The number of phenolic OH excluding ortho intramolecular Hbond substituents is 1. The van der Waals surface area contributed by atoms with Gasteiger partial charge in [0.25, 0.3) is 0 Å². The molecule has 0 amide bonds. The molecule has 0 saturated heterocycles. The second kappa shape index (κ2) is 15.3. The first-order chi connectivity index (χ1) is 12.3. The summed E-state index contributed by atoms with van der Waals surface area (Å²) in [4.78, 5) is 0. The first-order valence-corrected chi connectivity index (χ1v) is 11.1. The van der Waals surface area contributed by atoms with Crippen LogP contribution in [0.3, 0.4) is 0 Å². The quantitative estimate of drug-likeness (QED) is 0.298. The maximum atomic E-state index is 10.0. The van der Waals surface area contributed by atoms with E-state index < -0.39 is 0 Å². The van der Waals surface area contributed by atoms with Crippen molar-refractivity contribution in [1.82, 2.24) is 0 Å². The van der Waals surface area contributed by atoms with E-state index in [-0.39, 0.29) is 0 Å². The molecule has 25 heavy (non-hydrogen) atoms. The predicted octanol–water partition coefficient (Wildman–Crippen LogP) is 8.37. The number of hydrogen-bond acceptors (Lipinski definition) is 1. The number of aromatic hydroxyl groups is 1. The number of para-hydroxylation sites is 1. The molecule has 0 saturated carbocycles. The minimum Gasteiger partial charge on any atom is -0.508 e. The van der Waals surface area contributed by atoms with E-state index in [0.717, 1.165) is 12.0 Å². The van der Waals surface area contributed by atoms with Crippen LogP contribution in [0.5, 0.6) is 5.75 Å². The zero-order chi connectivity index (χ0) is 18.2. The molecule has 0 aliphatic heterocycles. The molecule has 144 valence electrons. The summed E-state index contributed by atoms with van der Waals surface area (Å²) in [6, 6.07) is 7.87. The fourth-order valence-corrected chi connectivity index (χ4v) is 3.82. The molecule has 0 heterocycles. The van der Waals surface area contributed by atoms with Gasteiger partial charge in [-0.2, -0.15) is 0 Å². The van der Waals surface area contributed by atoms with Crippen molar-refractivity contribution >= 4 is 0 Å². The Morgan fingerprint density at radius 3 is 1.64 bits per heavy atom. The molecule has 0 spiro atoms. The Hall–Kier alpha value is -0.980. The third-order valence-corrected chi connectivity index (χ3v) is 5.53. The van der Waals surface area contributed by atoms with Crippen LogP contribution in [-0.4, -0.2) is 5.11 Å². The third-order valence-electron chi connectivity index (χ3n) is 5.53. The number of phenols is 1. The second-order valence-corrected chi connectivity index (χ2v) is 7.70. The van der Waals surface area contributed by atoms with Crippen molar-refractivity contribution in [2.75, 3.05) is 0 Å². The molecule has 0 fully saturated rings. The fraction of sp³-hybridized carbons (Fsp3) is 0.750. The van der Waals surface area contributed by atoms with Gasteiger partial charge in [-0.05, 0) is 30.4 Å². The summed E-state index contributed by atoms with van der Waals surface area (Å²) in [5.74, 6) is 0.998. The normalized spacial score (nSPS) is 12.4. The lowest BCUT2D eigenvalue weighted by Crippen LogP contribution is -1.98. The van der Waals surface area contributed by atoms with Crippen LogP contribution in [-0.2, 0) is 0 Å². The first-order valence-electron chi connectivity index (χ1n) is 11.1. The SMILES string of the molecule is CCCCCCCCCCCCCCCC(CC)c1ccccc1O. The zero-order valence-electron chi connectivity index (χ0n) is 16.9. The number of unbranched alkanes of at least 4 members (excludes halogenated alkanes) is 12. The summed E-state index contributed by atoms with van der Waals surface area (Å²) >= 11 is 0. The largest absolute Gasteiger partial charge is 0.508 e. The highest BCUT2D eigenvalue weighted by molar-refractivity contribution is 5.34. The third kappa shape index (κ3) is 10.6. The Morgan fingerprint density at radius 1 is 0.680 bits per heavy atom. The number of rotatable bonds is 16. The predicted molar refractivity (Wildman–Crippen MR) is 111 cm³/mol. The van der Waals surface area contributed by atoms with Crippen molar-refractivity contribution in [3.8, 4) is 5.75 Å². The standard InChI is InChI=1S/C24H42O/c1-3-5-6-7-8-9-10-11-12-13-14-15-16-19-22(4-2)23-20-17-18-21-24(23)25/h17-18,20-22,25H,3-16,19H2,1-2H3. The smallest absolute Gasteiger partial charge is 0.119 e. The molecule has 1 aromatic rings. The molecule has 1 rings (SSSR count). The molecule has 1 N–H and O–H groups in total. The summed E-state index contributed by atoms with van der Waals surface area (Å²) in [5, 5.41) is 10.0. The number of hydrogen-bond donors (Lipinski definition) is 1. The molecule has 0 radical (unpaired) electrons. The van der Waals surface area contributed by atoms with Crippen LogP contribution in [0.2, 0.25) is 0 Å². The van der Waals surface area contributed by atoms with E-state index >= 15 is 0 Å². The van der Waals surface area contributed by atoms with Crippen LogP contribution in [0.25, 0.3) is 0 Å². The zero-order valence-corrected chi connectivity index (χ0v) is 16.9. The maximum Gasteiger partial charge on any atom is 0.119 e. The lowest BCUT2D eigenvalue weighted by atomic mass is 9.90. The van der Waals surface area contributed by atoms with Crippen molar-refractivity contribution in [1.29, 1.82) is 0 Å². The van der Waals surface area contributed by atoms with Gasteiger partial charge in [0.15, 0.2) is 0 Å². The molecular formula is C24H42O. The molecule has 1 atom stereocenters. The van der Waals surface area contributed by atoms with Gasteiger partial charge >= 0.3 is 0 Å². The van der Waals surface area contributed by atoms with Gasteiger partial charge in [-0.25, -0.2) is 0 Å². The summed E-state index contributed by atoms with van der Waals surface area (Å²) < 4.78 is 0. The first kappa shape index (κ1) is 22.1. The number of benzene rings is 1. The van der Waals surface area contributed by atoms with Crippen LogP contribution >= 0.6 is 0 Å². The van der Waals surface area contributed by atoms with Crippen molar-refractivity contribution in [2.45, 2.75) is 116 Å². The summed E-state index contributed by atoms with van der Waals surface area (Å²) in [6.07, 6.45) is 20.6. The van der Waals surface area contributed by atoms with Gasteiger partial charge in [0, 0.05) is 0 Å². The van der Waals surface area contributed by atoms with E-state index in [1.54, 1.807) is 0 Å².